The molecule has 170 valence electrons. The van der Waals surface area contributed by atoms with Gasteiger partial charge in [0.05, 0.1) is 18.6 Å². The van der Waals surface area contributed by atoms with Crippen molar-refractivity contribution in [2.24, 2.45) is 0 Å². The average molecular weight is 435 g/mol. The molecule has 0 radical (unpaired) electrons. The van der Waals surface area contributed by atoms with Crippen molar-refractivity contribution < 1.29 is 28.2 Å². The fraction of sp³-hybridized carbons (Fsp3) is 0.591. The van der Waals surface area contributed by atoms with Crippen molar-refractivity contribution in [1.29, 1.82) is 0 Å². The van der Waals surface area contributed by atoms with E-state index in [-0.39, 0.29) is 23.9 Å². The number of methoxy groups -OCH3 is 1. The lowest BCUT2D eigenvalue weighted by molar-refractivity contribution is -0.134. The van der Waals surface area contributed by atoms with Crippen LogP contribution in [0.25, 0.3) is 0 Å². The summed E-state index contributed by atoms with van der Waals surface area (Å²) in [6.07, 6.45) is 0.0995. The van der Waals surface area contributed by atoms with Gasteiger partial charge >= 0.3 is 6.09 Å². The van der Waals surface area contributed by atoms with Gasteiger partial charge in [-0.15, -0.1) is 0 Å². The van der Waals surface area contributed by atoms with E-state index in [9.17, 15) is 18.8 Å². The van der Waals surface area contributed by atoms with Crippen LogP contribution in [0, 0.1) is 5.82 Å². The fourth-order valence-electron chi connectivity index (χ4n) is 3.97. The van der Waals surface area contributed by atoms with Crippen LogP contribution in [0.4, 0.5) is 14.9 Å². The second-order valence-corrected chi connectivity index (χ2v) is 8.94. The van der Waals surface area contributed by atoms with Crippen LogP contribution in [0.1, 0.15) is 45.1 Å². The smallest absolute Gasteiger partial charge is 0.410 e. The minimum absolute atomic E-state index is 0.197. The Labute approximate surface area is 181 Å². The predicted molar refractivity (Wildman–Crippen MR) is 112 cm³/mol. The number of imide groups is 1. The maximum atomic E-state index is 14.9. The van der Waals surface area contributed by atoms with Crippen molar-refractivity contribution in [3.05, 3.63) is 29.6 Å². The summed E-state index contributed by atoms with van der Waals surface area (Å²) in [5.41, 5.74) is 0.356. The molecule has 8 nitrogen and oxygen atoms in total. The molecule has 1 aromatic rings. The molecule has 1 aromatic carbocycles. The number of halogens is 1. The van der Waals surface area contributed by atoms with E-state index in [2.05, 4.69) is 5.32 Å². The number of nitrogens with one attached hydrogen (secondary N) is 1. The molecule has 1 unspecified atom stereocenters. The Bertz CT molecular complexity index is 854. The number of carbonyl (C=O) groups is 3. The number of piperidine rings is 1. The van der Waals surface area contributed by atoms with E-state index in [0.717, 1.165) is 0 Å². The first kappa shape index (κ1) is 23.0. The summed E-state index contributed by atoms with van der Waals surface area (Å²) in [7, 11) is 1.57. The summed E-state index contributed by atoms with van der Waals surface area (Å²) in [6, 6.07) is 4.55. The molecule has 3 rings (SSSR count). The molecule has 2 aliphatic heterocycles. The number of hydrogen-bond acceptors (Lipinski definition) is 6. The number of rotatable bonds is 4. The van der Waals surface area contributed by atoms with Crippen LogP contribution in [0.5, 0.6) is 0 Å². The molecule has 0 spiro atoms. The van der Waals surface area contributed by atoms with E-state index in [1.165, 1.54) is 6.07 Å². The molecule has 0 aliphatic carbocycles. The Morgan fingerprint density at radius 2 is 2.00 bits per heavy atom. The van der Waals surface area contributed by atoms with Gasteiger partial charge in [0.25, 0.3) is 0 Å². The van der Waals surface area contributed by atoms with Crippen molar-refractivity contribution in [2.45, 2.75) is 51.2 Å². The van der Waals surface area contributed by atoms with Crippen LogP contribution in [0.2, 0.25) is 0 Å². The minimum Gasteiger partial charge on any atom is -0.444 e. The molecule has 0 bridgehead atoms. The van der Waals surface area contributed by atoms with Crippen molar-refractivity contribution >= 4 is 23.6 Å². The predicted octanol–water partition coefficient (Wildman–Crippen LogP) is 2.42. The molecule has 31 heavy (non-hydrogen) atoms. The monoisotopic (exact) mass is 435 g/mol. The highest BCUT2D eigenvalue weighted by Crippen LogP contribution is 2.30. The molecule has 2 atom stereocenters. The van der Waals surface area contributed by atoms with Crippen molar-refractivity contribution in [2.75, 3.05) is 38.3 Å². The number of carbonyl (C=O) groups excluding carboxylic acids is 3. The number of hydrogen-bond donors (Lipinski definition) is 1. The highest BCUT2D eigenvalue weighted by molar-refractivity contribution is 6.01. The number of piperazine rings is 1. The highest BCUT2D eigenvalue weighted by Gasteiger charge is 2.34. The van der Waals surface area contributed by atoms with Crippen molar-refractivity contribution in [3.8, 4) is 0 Å². The van der Waals surface area contributed by atoms with E-state index >= 15 is 0 Å². The third-order valence-corrected chi connectivity index (χ3v) is 5.43. The third-order valence-electron chi connectivity index (χ3n) is 5.43. The van der Waals surface area contributed by atoms with Gasteiger partial charge in [-0.05, 0) is 39.3 Å². The first-order valence-corrected chi connectivity index (χ1v) is 10.5. The Morgan fingerprint density at radius 3 is 2.61 bits per heavy atom. The molecule has 2 saturated heterocycles. The molecule has 3 amide bonds. The van der Waals surface area contributed by atoms with Crippen LogP contribution >= 0.6 is 0 Å². The standard InChI is InChI=1S/C22H30FN3O5/c1-22(2,3)31-21(29)26-10-9-25(12-15(26)13-30-4)14-5-6-16(18(23)11-14)17-7-8-19(27)24-20(17)28/h5-6,11,15,17H,7-10,12-13H2,1-4H3,(H,24,27,28)/t15-,17?/m1/s1. The van der Waals surface area contributed by atoms with E-state index in [1.807, 2.05) is 25.7 Å². The second-order valence-electron chi connectivity index (χ2n) is 8.94. The summed E-state index contributed by atoms with van der Waals surface area (Å²) in [6.45, 7) is 7.17. The molecule has 2 fully saturated rings. The average Bonchev–Trinajstić information content (AvgIpc) is 2.67. The van der Waals surface area contributed by atoms with Crippen molar-refractivity contribution in [1.82, 2.24) is 10.2 Å². The summed E-state index contributed by atoms with van der Waals surface area (Å²) in [5, 5.41) is 2.27. The Kier molecular flexibility index (Phi) is 6.83. The lowest BCUT2D eigenvalue weighted by Gasteiger charge is -2.42. The van der Waals surface area contributed by atoms with Gasteiger partial charge in [-0.3, -0.25) is 19.8 Å². The molecule has 1 N–H and O–H groups in total. The second kappa shape index (κ2) is 9.21. The van der Waals surface area contributed by atoms with E-state index in [0.29, 0.717) is 38.3 Å². The zero-order valence-corrected chi connectivity index (χ0v) is 18.4. The summed E-state index contributed by atoms with van der Waals surface area (Å²) < 4.78 is 25.7. The molecule has 2 aliphatic rings. The van der Waals surface area contributed by atoms with Gasteiger partial charge in [-0.2, -0.15) is 0 Å². The maximum Gasteiger partial charge on any atom is 0.410 e. The third kappa shape index (κ3) is 5.52. The number of benzene rings is 1. The fourth-order valence-corrected chi connectivity index (χ4v) is 3.97. The summed E-state index contributed by atoms with van der Waals surface area (Å²) >= 11 is 0. The van der Waals surface area contributed by atoms with Gasteiger partial charge in [-0.1, -0.05) is 6.07 Å². The van der Waals surface area contributed by atoms with Crippen LogP contribution in [0.15, 0.2) is 18.2 Å². The normalized spacial score (nSPS) is 22.4. The Balaban J connectivity index is 1.73. The minimum atomic E-state index is -0.669. The SMILES string of the molecule is COC[C@H]1CN(c2ccc(C3CCC(=O)NC3=O)c(F)c2)CCN1C(=O)OC(C)(C)C. The first-order chi connectivity index (χ1) is 14.6. The van der Waals surface area contributed by atoms with Crippen molar-refractivity contribution in [3.63, 3.8) is 0 Å². The zero-order valence-electron chi connectivity index (χ0n) is 18.4. The lowest BCUT2D eigenvalue weighted by Crippen LogP contribution is -2.57. The molecule has 2 heterocycles. The van der Waals surface area contributed by atoms with Gasteiger partial charge in [0.15, 0.2) is 0 Å². The van der Waals surface area contributed by atoms with Gasteiger partial charge in [0.2, 0.25) is 11.8 Å². The molecule has 0 aromatic heterocycles. The van der Waals surface area contributed by atoms with Gasteiger partial charge in [0, 0.05) is 44.4 Å². The highest BCUT2D eigenvalue weighted by atomic mass is 19.1. The maximum absolute atomic E-state index is 14.9. The quantitative estimate of drug-likeness (QED) is 0.731. The summed E-state index contributed by atoms with van der Waals surface area (Å²) in [4.78, 5) is 39.7. The molecule has 0 saturated carbocycles. The van der Waals surface area contributed by atoms with Gasteiger partial charge < -0.3 is 14.4 Å². The molecular weight excluding hydrogens is 405 g/mol. The number of amides is 3. The summed E-state index contributed by atoms with van der Waals surface area (Å²) in [5.74, 6) is -1.94. The zero-order chi connectivity index (χ0) is 22.8. The van der Waals surface area contributed by atoms with Crippen LogP contribution in [0.3, 0.4) is 0 Å². The van der Waals surface area contributed by atoms with Crippen LogP contribution < -0.4 is 10.2 Å². The Hall–Kier alpha value is -2.68. The topological polar surface area (TPSA) is 88.2 Å². The van der Waals surface area contributed by atoms with Crippen LogP contribution in [-0.2, 0) is 19.1 Å². The van der Waals surface area contributed by atoms with Crippen LogP contribution in [-0.4, -0.2) is 67.8 Å². The number of nitrogens with zero attached hydrogens (tertiary/aromatic N) is 2. The van der Waals surface area contributed by atoms with E-state index in [1.54, 1.807) is 24.1 Å². The molecule has 9 heteroatoms. The van der Waals surface area contributed by atoms with E-state index < -0.39 is 29.3 Å². The molecular formula is C22H30FN3O5. The lowest BCUT2D eigenvalue weighted by atomic mass is 9.90. The van der Waals surface area contributed by atoms with E-state index in [4.69, 9.17) is 9.47 Å². The van der Waals surface area contributed by atoms with Gasteiger partial charge in [-0.25, -0.2) is 9.18 Å². The largest absolute Gasteiger partial charge is 0.444 e. The number of ether oxygens (including phenoxy) is 2. The number of anilines is 1. The van der Waals surface area contributed by atoms with Gasteiger partial charge in [0.1, 0.15) is 11.4 Å². The first-order valence-electron chi connectivity index (χ1n) is 10.5. The Morgan fingerprint density at radius 1 is 1.26 bits per heavy atom.